The zero-order valence-corrected chi connectivity index (χ0v) is 17.9. The first-order valence-corrected chi connectivity index (χ1v) is 10.3. The van der Waals surface area contributed by atoms with E-state index in [1.165, 1.54) is 7.11 Å². The van der Waals surface area contributed by atoms with Crippen molar-refractivity contribution >= 4 is 61.8 Å². The molecule has 10 heteroatoms. The number of hydrogen-bond acceptors (Lipinski definition) is 6. The molecule has 0 unspecified atom stereocenters. The third-order valence-corrected chi connectivity index (χ3v) is 6.70. The van der Waals surface area contributed by atoms with Crippen LogP contribution in [0, 0.1) is 0 Å². The Morgan fingerprint density at radius 1 is 1.56 bits per heavy atom. The number of alkyl halides is 2. The van der Waals surface area contributed by atoms with E-state index in [0.29, 0.717) is 26.5 Å². The van der Waals surface area contributed by atoms with Crippen LogP contribution in [0.15, 0.2) is 15.2 Å². The van der Waals surface area contributed by atoms with E-state index in [1.807, 2.05) is 22.9 Å². The van der Waals surface area contributed by atoms with Crippen LogP contribution in [-0.4, -0.2) is 38.7 Å². The lowest BCUT2D eigenvalue weighted by Gasteiger charge is -2.35. The highest BCUT2D eigenvalue weighted by Gasteiger charge is 2.43. The molecule has 25 heavy (non-hydrogen) atoms. The highest BCUT2D eigenvalue weighted by atomic mass is 127. The summed E-state index contributed by atoms with van der Waals surface area (Å²) in [7, 11) is 1.29. The first-order chi connectivity index (χ1) is 11.9. The van der Waals surface area contributed by atoms with Crippen LogP contribution in [0.3, 0.4) is 0 Å². The van der Waals surface area contributed by atoms with Gasteiger partial charge in [-0.3, -0.25) is 0 Å². The summed E-state index contributed by atoms with van der Waals surface area (Å²) in [6.45, 7) is 0.395. The van der Waals surface area contributed by atoms with E-state index in [9.17, 15) is 13.6 Å². The average molecular weight is 549 g/mol. The topological polar surface area (TPSA) is 50.8 Å². The Bertz CT molecular complexity index is 718. The maximum absolute atomic E-state index is 14.3. The minimum absolute atomic E-state index is 0.216. The highest BCUT2D eigenvalue weighted by Crippen LogP contribution is 2.46. The molecule has 1 N–H and O–H groups in total. The minimum atomic E-state index is -2.87. The molecule has 0 atom stereocenters. The number of carbonyl (C=O) groups excluding carboxylic acids is 1. The predicted molar refractivity (Wildman–Crippen MR) is 104 cm³/mol. The third-order valence-electron chi connectivity index (χ3n) is 4.10. The smallest absolute Gasteiger partial charge is 0.350 e. The summed E-state index contributed by atoms with van der Waals surface area (Å²) >= 11 is 6.44. The normalized spacial score (nSPS) is 20.8. The maximum atomic E-state index is 14.3. The van der Waals surface area contributed by atoms with Crippen LogP contribution in [0.25, 0.3) is 0 Å². The molecule has 1 aromatic rings. The predicted octanol–water partition coefficient (Wildman–Crippen LogP) is 4.26. The van der Waals surface area contributed by atoms with E-state index >= 15 is 0 Å². The van der Waals surface area contributed by atoms with Crippen LogP contribution in [0.4, 0.5) is 14.5 Å². The van der Waals surface area contributed by atoms with Gasteiger partial charge in [0.25, 0.3) is 5.92 Å². The van der Waals surface area contributed by atoms with Gasteiger partial charge >= 0.3 is 5.97 Å². The molecule has 1 fully saturated rings. The van der Waals surface area contributed by atoms with Crippen LogP contribution < -0.4 is 8.43 Å². The lowest BCUT2D eigenvalue weighted by atomic mass is 10.0. The zero-order chi connectivity index (χ0) is 18.2. The van der Waals surface area contributed by atoms with Crippen molar-refractivity contribution in [3.8, 4) is 0 Å². The molecule has 0 amide bonds. The number of ether oxygens (including phenoxy) is 2. The summed E-state index contributed by atoms with van der Waals surface area (Å²) in [4.78, 5) is 14.0. The average Bonchev–Trinajstić information content (AvgIpc) is 3.20. The van der Waals surface area contributed by atoms with Gasteiger partial charge in [0.15, 0.2) is 0 Å². The molecule has 0 spiro atoms. The maximum Gasteiger partial charge on any atom is 0.350 e. The number of rotatable bonds is 4. The largest absolute Gasteiger partial charge is 0.496 e. The lowest BCUT2D eigenvalue weighted by molar-refractivity contribution is 0.00553. The van der Waals surface area contributed by atoms with Crippen LogP contribution in [0.2, 0.25) is 0 Å². The number of nitrogens with one attached hydrogen (secondary N) is 1. The number of esters is 1. The second kappa shape index (κ2) is 7.55. The molecule has 0 bridgehead atoms. The van der Waals surface area contributed by atoms with Gasteiger partial charge in [0.2, 0.25) is 0 Å². The summed E-state index contributed by atoms with van der Waals surface area (Å²) in [5, 5.41) is 0. The van der Waals surface area contributed by atoms with Gasteiger partial charge in [0.1, 0.15) is 10.6 Å². The number of hydrogen-bond donors (Lipinski definition) is 1. The van der Waals surface area contributed by atoms with Crippen LogP contribution in [0.1, 0.15) is 28.1 Å². The molecule has 0 saturated carbocycles. The van der Waals surface area contributed by atoms with Gasteiger partial charge in [0.05, 0.1) is 64.8 Å². The van der Waals surface area contributed by atoms with Crippen molar-refractivity contribution < 1.29 is 23.0 Å². The van der Waals surface area contributed by atoms with Crippen LogP contribution >= 0.6 is 50.1 Å². The fourth-order valence-electron chi connectivity index (χ4n) is 3.06. The van der Waals surface area contributed by atoms with Crippen molar-refractivity contribution in [2.75, 3.05) is 31.7 Å². The van der Waals surface area contributed by atoms with Crippen molar-refractivity contribution in [1.29, 1.82) is 0 Å². The molecule has 3 rings (SSSR count). The van der Waals surface area contributed by atoms with E-state index < -0.39 is 24.9 Å². The van der Waals surface area contributed by atoms with Crippen molar-refractivity contribution in [2.45, 2.75) is 25.2 Å². The summed E-state index contributed by atoms with van der Waals surface area (Å²) in [5.41, 5.74) is 1.73. The number of methoxy groups -OCH3 is 1. The number of halogens is 4. The second-order valence-electron chi connectivity index (χ2n) is 5.86. The van der Waals surface area contributed by atoms with Crippen LogP contribution in [0.5, 0.6) is 0 Å². The van der Waals surface area contributed by atoms with E-state index in [2.05, 4.69) is 19.5 Å². The zero-order valence-electron chi connectivity index (χ0n) is 13.3. The Morgan fingerprint density at radius 2 is 2.32 bits per heavy atom. The molecule has 5 nitrogen and oxygen atoms in total. The highest BCUT2D eigenvalue weighted by molar-refractivity contribution is 14.1. The number of allylic oxidation sites excluding steroid dienone is 1. The fourth-order valence-corrected chi connectivity index (χ4v) is 5.33. The van der Waals surface area contributed by atoms with Gasteiger partial charge in [-0.25, -0.2) is 13.6 Å². The van der Waals surface area contributed by atoms with Crippen molar-refractivity contribution in [1.82, 2.24) is 3.53 Å². The van der Waals surface area contributed by atoms with E-state index in [4.69, 9.17) is 9.47 Å². The van der Waals surface area contributed by atoms with E-state index in [0.717, 1.165) is 35.6 Å². The van der Waals surface area contributed by atoms with Crippen molar-refractivity contribution in [3.63, 3.8) is 0 Å². The number of carbonyl (C=O) groups is 1. The number of fused-ring (bicyclic) bond motifs is 1. The molecule has 2 aliphatic rings. The molecule has 3 heterocycles. The Labute approximate surface area is 170 Å². The third kappa shape index (κ3) is 3.90. The van der Waals surface area contributed by atoms with Gasteiger partial charge < -0.3 is 17.9 Å². The molecule has 0 radical (unpaired) electrons. The van der Waals surface area contributed by atoms with Crippen molar-refractivity contribution in [3.05, 3.63) is 25.7 Å². The van der Waals surface area contributed by atoms with Crippen LogP contribution in [-0.2, 0) is 15.9 Å². The van der Waals surface area contributed by atoms with Gasteiger partial charge in [0, 0.05) is 18.4 Å². The standard InChI is InChI=1S/C15H16BrF2IN2O3S/c1-23-14(22)12-11-8(13(16)25-12)5-15(17,18)7-21(11)6-9(20-19)10-3-2-4-24-10/h20H,2-7H2,1H3/b10-9-. The molecule has 1 aromatic heterocycles. The number of nitrogens with zero attached hydrogens (tertiary/aromatic N) is 1. The summed E-state index contributed by atoms with van der Waals surface area (Å²) in [6.07, 6.45) is 1.29. The lowest BCUT2D eigenvalue weighted by Crippen LogP contribution is -2.45. The molecular formula is C15H16BrF2IN2O3S. The first kappa shape index (κ1) is 19.2. The molecule has 1 saturated heterocycles. The Balaban J connectivity index is 2.02. The Hall–Kier alpha value is -0.620. The van der Waals surface area contributed by atoms with E-state index in [1.54, 1.807) is 4.90 Å². The molecule has 2 aliphatic heterocycles. The molecule has 138 valence electrons. The monoisotopic (exact) mass is 548 g/mol. The Kier molecular flexibility index (Phi) is 5.78. The van der Waals surface area contributed by atoms with Gasteiger partial charge in [-0.1, -0.05) is 0 Å². The second-order valence-corrected chi connectivity index (χ2v) is 8.74. The molecule has 0 aromatic carbocycles. The quantitative estimate of drug-likeness (QED) is 0.346. The van der Waals surface area contributed by atoms with Gasteiger partial charge in [-0.2, -0.15) is 0 Å². The van der Waals surface area contributed by atoms with Gasteiger partial charge in [-0.15, -0.1) is 11.3 Å². The summed E-state index contributed by atoms with van der Waals surface area (Å²) < 4.78 is 42.6. The molecular weight excluding hydrogens is 533 g/mol. The summed E-state index contributed by atoms with van der Waals surface area (Å²) in [6, 6.07) is 0. The van der Waals surface area contributed by atoms with E-state index in [-0.39, 0.29) is 6.54 Å². The SMILES string of the molecule is COC(=O)c1sc(Br)c2c1N(C/C(NI)=C1\CCCO1)CC(F)(F)C2. The minimum Gasteiger partial charge on any atom is -0.496 e. The fraction of sp³-hybridized carbons (Fsp3) is 0.533. The van der Waals surface area contributed by atoms with Crippen molar-refractivity contribution in [2.24, 2.45) is 0 Å². The summed E-state index contributed by atoms with van der Waals surface area (Å²) in [5.74, 6) is -2.60. The molecule has 0 aliphatic carbocycles. The first-order valence-electron chi connectivity index (χ1n) is 7.60. The Morgan fingerprint density at radius 3 is 2.92 bits per heavy atom. The van der Waals surface area contributed by atoms with Gasteiger partial charge in [-0.05, 0) is 22.4 Å². The number of thiophene rings is 1. The number of anilines is 1.